The van der Waals surface area contributed by atoms with Crippen molar-refractivity contribution in [1.82, 2.24) is 19.4 Å². The van der Waals surface area contributed by atoms with Crippen LogP contribution in [-0.2, 0) is 11.2 Å². The number of piperidine rings is 1. The van der Waals surface area contributed by atoms with Gasteiger partial charge in [0, 0.05) is 49.4 Å². The molecule has 0 bridgehead atoms. The van der Waals surface area contributed by atoms with Crippen LogP contribution in [0.4, 0.5) is 0 Å². The van der Waals surface area contributed by atoms with Gasteiger partial charge in [0.1, 0.15) is 11.6 Å². The number of pyridine rings is 1. The summed E-state index contributed by atoms with van der Waals surface area (Å²) in [6.45, 7) is 5.94. The van der Waals surface area contributed by atoms with Crippen molar-refractivity contribution in [2.75, 3.05) is 13.1 Å². The van der Waals surface area contributed by atoms with Gasteiger partial charge in [0.15, 0.2) is 0 Å². The molecule has 0 aliphatic carbocycles. The van der Waals surface area contributed by atoms with Crippen molar-refractivity contribution >= 4 is 5.91 Å². The van der Waals surface area contributed by atoms with Crippen LogP contribution >= 0.6 is 0 Å². The van der Waals surface area contributed by atoms with Crippen molar-refractivity contribution in [3.63, 3.8) is 0 Å². The third-order valence-corrected chi connectivity index (χ3v) is 6.15. The van der Waals surface area contributed by atoms with E-state index in [0.29, 0.717) is 18.3 Å². The lowest BCUT2D eigenvalue weighted by Gasteiger charge is -2.32. The Kier molecular flexibility index (Phi) is 6.80. The van der Waals surface area contributed by atoms with Gasteiger partial charge in [-0.25, -0.2) is 9.97 Å². The van der Waals surface area contributed by atoms with Gasteiger partial charge in [0.05, 0.1) is 0 Å². The highest BCUT2D eigenvalue weighted by Gasteiger charge is 2.24. The van der Waals surface area contributed by atoms with E-state index in [9.17, 15) is 4.79 Å². The van der Waals surface area contributed by atoms with Gasteiger partial charge in [-0.05, 0) is 43.4 Å². The highest BCUT2D eigenvalue weighted by atomic mass is 16.2. The monoisotopic (exact) mass is 416 g/mol. The Hall–Kier alpha value is -2.95. The fourth-order valence-electron chi connectivity index (χ4n) is 4.41. The van der Waals surface area contributed by atoms with Gasteiger partial charge >= 0.3 is 0 Å². The van der Waals surface area contributed by atoms with E-state index in [1.807, 2.05) is 29.4 Å². The smallest absolute Gasteiger partial charge is 0.222 e. The summed E-state index contributed by atoms with van der Waals surface area (Å²) in [7, 11) is 0. The van der Waals surface area contributed by atoms with E-state index in [1.54, 1.807) is 0 Å². The Bertz CT molecular complexity index is 987. The molecule has 0 N–H and O–H groups in total. The summed E-state index contributed by atoms with van der Waals surface area (Å²) in [6, 6.07) is 16.7. The molecule has 1 aliphatic heterocycles. The number of aryl methyl sites for hydroxylation is 1. The highest BCUT2D eigenvalue weighted by Crippen LogP contribution is 2.28. The minimum Gasteiger partial charge on any atom is -0.343 e. The van der Waals surface area contributed by atoms with Crippen LogP contribution in [0.25, 0.3) is 5.82 Å². The average Bonchev–Trinajstić information content (AvgIpc) is 3.30. The zero-order valence-electron chi connectivity index (χ0n) is 18.6. The molecule has 4 rings (SSSR count). The summed E-state index contributed by atoms with van der Waals surface area (Å²) in [5.74, 6) is 2.99. The second kappa shape index (κ2) is 9.90. The molecule has 0 unspecified atom stereocenters. The van der Waals surface area contributed by atoms with Gasteiger partial charge in [-0.1, -0.05) is 50.2 Å². The number of rotatable bonds is 7. The zero-order chi connectivity index (χ0) is 21.6. The van der Waals surface area contributed by atoms with Gasteiger partial charge in [0.2, 0.25) is 5.91 Å². The molecule has 5 nitrogen and oxygen atoms in total. The number of hydrogen-bond donors (Lipinski definition) is 0. The predicted octanol–water partition coefficient (Wildman–Crippen LogP) is 5.12. The van der Waals surface area contributed by atoms with Gasteiger partial charge in [-0.2, -0.15) is 0 Å². The quantitative estimate of drug-likeness (QED) is 0.537. The molecule has 162 valence electrons. The van der Waals surface area contributed by atoms with E-state index < -0.39 is 0 Å². The summed E-state index contributed by atoms with van der Waals surface area (Å²) in [5, 5.41) is 0. The van der Waals surface area contributed by atoms with Crippen molar-refractivity contribution in [3.05, 3.63) is 78.0 Å². The third kappa shape index (κ3) is 5.22. The van der Waals surface area contributed by atoms with Crippen LogP contribution in [0.1, 0.15) is 68.4 Å². The topological polar surface area (TPSA) is 51.0 Å². The minimum absolute atomic E-state index is 0.288. The number of nitrogens with zero attached hydrogens (tertiary/aromatic N) is 4. The molecular weight excluding hydrogens is 384 g/mol. The lowest BCUT2D eigenvalue weighted by atomic mass is 9.92. The standard InChI is InChI=1S/C26H32N4O/c1-20(2)26-27-16-19-30(26)24-12-7-11-23(28-24)22-14-17-29(18-15-22)25(31)13-6-10-21-8-4-3-5-9-21/h3-5,7-9,11-12,16,19-20,22H,6,10,13-15,17-18H2,1-2H3. The van der Waals surface area contributed by atoms with Crippen molar-refractivity contribution in [1.29, 1.82) is 0 Å². The lowest BCUT2D eigenvalue weighted by molar-refractivity contribution is -0.132. The normalized spacial score (nSPS) is 14.9. The van der Waals surface area contributed by atoms with Crippen LogP contribution in [0, 0.1) is 0 Å². The number of likely N-dealkylation sites (tertiary alicyclic amines) is 1. The fourth-order valence-corrected chi connectivity index (χ4v) is 4.41. The van der Waals surface area contributed by atoms with E-state index >= 15 is 0 Å². The molecule has 0 radical (unpaired) electrons. The first-order valence-corrected chi connectivity index (χ1v) is 11.4. The van der Waals surface area contributed by atoms with Gasteiger partial charge in [-0.3, -0.25) is 9.36 Å². The second-order valence-corrected chi connectivity index (χ2v) is 8.73. The van der Waals surface area contributed by atoms with E-state index in [0.717, 1.165) is 56.1 Å². The maximum absolute atomic E-state index is 12.6. The second-order valence-electron chi connectivity index (χ2n) is 8.73. The van der Waals surface area contributed by atoms with Crippen LogP contribution in [0.15, 0.2) is 60.9 Å². The molecule has 3 heterocycles. The Morgan fingerprint density at radius 3 is 2.58 bits per heavy atom. The van der Waals surface area contributed by atoms with Crippen LogP contribution in [-0.4, -0.2) is 38.4 Å². The van der Waals surface area contributed by atoms with Crippen LogP contribution in [0.5, 0.6) is 0 Å². The molecule has 1 aliphatic rings. The largest absolute Gasteiger partial charge is 0.343 e. The number of amides is 1. The van der Waals surface area contributed by atoms with Crippen molar-refractivity contribution < 1.29 is 4.79 Å². The molecule has 3 aromatic rings. The summed E-state index contributed by atoms with van der Waals surface area (Å²) in [4.78, 5) is 24.1. The Morgan fingerprint density at radius 2 is 1.84 bits per heavy atom. The first kappa shape index (κ1) is 21.3. The first-order chi connectivity index (χ1) is 15.1. The molecule has 5 heteroatoms. The average molecular weight is 417 g/mol. The number of carbonyl (C=O) groups excluding carboxylic acids is 1. The molecule has 0 spiro atoms. The highest BCUT2D eigenvalue weighted by molar-refractivity contribution is 5.76. The van der Waals surface area contributed by atoms with E-state index in [2.05, 4.69) is 59.8 Å². The van der Waals surface area contributed by atoms with E-state index in [4.69, 9.17) is 4.98 Å². The number of benzene rings is 1. The zero-order valence-corrected chi connectivity index (χ0v) is 18.6. The van der Waals surface area contributed by atoms with Gasteiger partial charge < -0.3 is 4.90 Å². The predicted molar refractivity (Wildman–Crippen MR) is 123 cm³/mol. The number of carbonyl (C=O) groups is 1. The summed E-state index contributed by atoms with van der Waals surface area (Å²) >= 11 is 0. The summed E-state index contributed by atoms with van der Waals surface area (Å²) in [5.41, 5.74) is 2.43. The fraction of sp³-hybridized carbons (Fsp3) is 0.423. The molecule has 2 aromatic heterocycles. The maximum Gasteiger partial charge on any atom is 0.222 e. The molecule has 31 heavy (non-hydrogen) atoms. The van der Waals surface area contributed by atoms with Crippen molar-refractivity contribution in [3.8, 4) is 5.82 Å². The van der Waals surface area contributed by atoms with Crippen molar-refractivity contribution in [2.24, 2.45) is 0 Å². The Balaban J connectivity index is 1.31. The molecule has 1 aromatic carbocycles. The van der Waals surface area contributed by atoms with Crippen molar-refractivity contribution in [2.45, 2.75) is 57.8 Å². The number of imidazole rings is 1. The Labute approximate surface area is 185 Å². The molecule has 0 atom stereocenters. The molecule has 1 fully saturated rings. The van der Waals surface area contributed by atoms with Crippen LogP contribution < -0.4 is 0 Å². The number of aromatic nitrogens is 3. The number of hydrogen-bond acceptors (Lipinski definition) is 3. The first-order valence-electron chi connectivity index (χ1n) is 11.4. The molecule has 1 amide bonds. The Morgan fingerprint density at radius 1 is 1.06 bits per heavy atom. The molecular formula is C26H32N4O. The van der Waals surface area contributed by atoms with E-state index in [-0.39, 0.29) is 5.91 Å². The molecule has 0 saturated carbocycles. The van der Waals surface area contributed by atoms with Crippen LogP contribution in [0.3, 0.4) is 0 Å². The van der Waals surface area contributed by atoms with Gasteiger partial charge in [-0.15, -0.1) is 0 Å². The summed E-state index contributed by atoms with van der Waals surface area (Å²) in [6.07, 6.45) is 8.28. The van der Waals surface area contributed by atoms with Crippen LogP contribution in [0.2, 0.25) is 0 Å². The maximum atomic E-state index is 12.6. The summed E-state index contributed by atoms with van der Waals surface area (Å²) < 4.78 is 2.08. The molecule has 1 saturated heterocycles. The SMILES string of the molecule is CC(C)c1nccn1-c1cccc(C2CCN(C(=O)CCCc3ccccc3)CC2)n1. The van der Waals surface area contributed by atoms with E-state index in [1.165, 1.54) is 5.56 Å². The lowest BCUT2D eigenvalue weighted by Crippen LogP contribution is -2.38. The third-order valence-electron chi connectivity index (χ3n) is 6.15. The van der Waals surface area contributed by atoms with Gasteiger partial charge in [0.25, 0.3) is 0 Å². The minimum atomic E-state index is 0.288.